The van der Waals surface area contributed by atoms with Crippen molar-refractivity contribution in [1.82, 2.24) is 4.31 Å². The van der Waals surface area contributed by atoms with Crippen LogP contribution in [0.15, 0.2) is 12.1 Å². The summed E-state index contributed by atoms with van der Waals surface area (Å²) in [7, 11) is -1.88. The molecule has 0 aromatic heterocycles. The van der Waals surface area contributed by atoms with E-state index < -0.39 is 16.3 Å². The average Bonchev–Trinajstić information content (AvgIpc) is 2.56. The number of halogens is 2. The SMILES string of the molecule is COC1c2cc(Cl)c(Cl)cc2CN1S(C)(=O)=O. The van der Waals surface area contributed by atoms with Gasteiger partial charge in [0.2, 0.25) is 10.0 Å². The molecule has 1 heterocycles. The van der Waals surface area contributed by atoms with Crippen LogP contribution in [0.3, 0.4) is 0 Å². The summed E-state index contributed by atoms with van der Waals surface area (Å²) in [5.74, 6) is 0. The second-order valence-corrected chi connectivity index (χ2v) is 6.61. The van der Waals surface area contributed by atoms with E-state index in [0.29, 0.717) is 10.0 Å². The zero-order chi connectivity index (χ0) is 12.8. The summed E-state index contributed by atoms with van der Waals surface area (Å²) in [6.07, 6.45) is 0.517. The number of methoxy groups -OCH3 is 1. The molecule has 0 radical (unpaired) electrons. The largest absolute Gasteiger partial charge is 0.361 e. The highest BCUT2D eigenvalue weighted by Crippen LogP contribution is 2.39. The highest BCUT2D eigenvalue weighted by molar-refractivity contribution is 7.88. The first kappa shape index (κ1) is 13.1. The zero-order valence-electron chi connectivity index (χ0n) is 9.28. The maximum absolute atomic E-state index is 11.6. The van der Waals surface area contributed by atoms with Crippen molar-refractivity contribution in [3.63, 3.8) is 0 Å². The second kappa shape index (κ2) is 4.40. The van der Waals surface area contributed by atoms with Crippen molar-refractivity contribution < 1.29 is 13.2 Å². The van der Waals surface area contributed by atoms with Crippen LogP contribution in [-0.2, 0) is 21.3 Å². The predicted molar refractivity (Wildman–Crippen MR) is 66.6 cm³/mol. The van der Waals surface area contributed by atoms with Gasteiger partial charge in [-0.1, -0.05) is 23.2 Å². The molecule has 1 aliphatic heterocycles. The maximum Gasteiger partial charge on any atom is 0.213 e. The highest BCUT2D eigenvalue weighted by Gasteiger charge is 2.36. The standard InChI is InChI=1S/C10H11Cl2NO3S/c1-16-10-7-4-9(12)8(11)3-6(7)5-13(10)17(2,14)15/h3-4,10H,5H2,1-2H3. The van der Waals surface area contributed by atoms with Gasteiger partial charge < -0.3 is 4.74 Å². The fourth-order valence-corrected chi connectivity index (χ4v) is 3.19. The smallest absolute Gasteiger partial charge is 0.213 e. The van der Waals surface area contributed by atoms with Crippen LogP contribution < -0.4 is 0 Å². The quantitative estimate of drug-likeness (QED) is 0.842. The molecule has 1 aromatic carbocycles. The van der Waals surface area contributed by atoms with Gasteiger partial charge in [-0.15, -0.1) is 0 Å². The minimum Gasteiger partial charge on any atom is -0.361 e. The number of hydrogen-bond acceptors (Lipinski definition) is 3. The molecule has 0 bridgehead atoms. The highest BCUT2D eigenvalue weighted by atomic mass is 35.5. The van der Waals surface area contributed by atoms with Gasteiger partial charge in [-0.05, 0) is 17.7 Å². The molecule has 4 nitrogen and oxygen atoms in total. The van der Waals surface area contributed by atoms with E-state index >= 15 is 0 Å². The van der Waals surface area contributed by atoms with E-state index in [1.165, 1.54) is 11.4 Å². The van der Waals surface area contributed by atoms with E-state index in [4.69, 9.17) is 27.9 Å². The van der Waals surface area contributed by atoms with Gasteiger partial charge in [0, 0.05) is 19.2 Å². The lowest BCUT2D eigenvalue weighted by Crippen LogP contribution is -2.29. The molecule has 0 amide bonds. The van der Waals surface area contributed by atoms with Gasteiger partial charge in [0.05, 0.1) is 16.3 Å². The molecule has 1 unspecified atom stereocenters. The van der Waals surface area contributed by atoms with Gasteiger partial charge in [-0.25, -0.2) is 8.42 Å². The molecular formula is C10H11Cl2NO3S. The number of nitrogens with zero attached hydrogens (tertiary/aromatic N) is 1. The molecule has 1 atom stereocenters. The summed E-state index contributed by atoms with van der Waals surface area (Å²) in [6, 6.07) is 3.33. The minimum atomic E-state index is -3.34. The Morgan fingerprint density at radius 1 is 1.35 bits per heavy atom. The van der Waals surface area contributed by atoms with Crippen molar-refractivity contribution in [2.24, 2.45) is 0 Å². The number of hydrogen-bond donors (Lipinski definition) is 0. The Balaban J connectivity index is 2.53. The second-order valence-electron chi connectivity index (χ2n) is 3.86. The third-order valence-electron chi connectivity index (χ3n) is 2.69. The third-order valence-corrected chi connectivity index (χ3v) is 4.58. The number of benzene rings is 1. The van der Waals surface area contributed by atoms with E-state index in [2.05, 4.69) is 0 Å². The fourth-order valence-electron chi connectivity index (χ4n) is 1.91. The van der Waals surface area contributed by atoms with Crippen molar-refractivity contribution in [1.29, 1.82) is 0 Å². The Hall–Kier alpha value is -0.330. The van der Waals surface area contributed by atoms with Gasteiger partial charge >= 0.3 is 0 Å². The minimum absolute atomic E-state index is 0.254. The van der Waals surface area contributed by atoms with E-state index in [0.717, 1.165) is 17.4 Å². The first-order valence-electron chi connectivity index (χ1n) is 4.82. The normalized spacial score (nSPS) is 20.6. The molecule has 7 heteroatoms. The van der Waals surface area contributed by atoms with Gasteiger partial charge in [0.25, 0.3) is 0 Å². The number of sulfonamides is 1. The number of fused-ring (bicyclic) bond motifs is 1. The van der Waals surface area contributed by atoms with Crippen molar-refractivity contribution in [2.45, 2.75) is 12.8 Å². The lowest BCUT2D eigenvalue weighted by atomic mass is 10.1. The summed E-state index contributed by atoms with van der Waals surface area (Å²) in [5, 5.41) is 0.804. The molecule has 0 saturated carbocycles. The summed E-state index contributed by atoms with van der Waals surface area (Å²) in [5.41, 5.74) is 1.56. The molecule has 0 N–H and O–H groups in total. The molecule has 1 aliphatic rings. The van der Waals surface area contributed by atoms with E-state index in [1.54, 1.807) is 12.1 Å². The average molecular weight is 296 g/mol. The van der Waals surface area contributed by atoms with Gasteiger partial charge in [-0.2, -0.15) is 4.31 Å². The van der Waals surface area contributed by atoms with Gasteiger partial charge in [0.1, 0.15) is 6.23 Å². The molecular weight excluding hydrogens is 285 g/mol. The topological polar surface area (TPSA) is 46.6 Å². The van der Waals surface area contributed by atoms with Crippen LogP contribution in [0, 0.1) is 0 Å². The van der Waals surface area contributed by atoms with Crippen LogP contribution in [0.2, 0.25) is 10.0 Å². The van der Waals surface area contributed by atoms with Crippen LogP contribution in [0.4, 0.5) is 0 Å². The van der Waals surface area contributed by atoms with Crippen LogP contribution in [-0.4, -0.2) is 26.1 Å². The Bertz CT molecular complexity index is 559. The maximum atomic E-state index is 11.6. The molecule has 2 rings (SSSR count). The Kier molecular flexibility index (Phi) is 3.40. The number of ether oxygens (including phenoxy) is 1. The van der Waals surface area contributed by atoms with E-state index in [-0.39, 0.29) is 6.54 Å². The molecule has 0 fully saturated rings. The van der Waals surface area contributed by atoms with Crippen molar-refractivity contribution >= 4 is 33.2 Å². The third kappa shape index (κ3) is 2.30. The molecule has 0 saturated heterocycles. The van der Waals surface area contributed by atoms with Gasteiger partial charge in [0.15, 0.2) is 0 Å². The van der Waals surface area contributed by atoms with Crippen molar-refractivity contribution in [3.05, 3.63) is 33.3 Å². The Labute approximate surface area is 110 Å². The summed E-state index contributed by atoms with van der Waals surface area (Å²) < 4.78 is 29.7. The van der Waals surface area contributed by atoms with Crippen LogP contribution in [0.25, 0.3) is 0 Å². The monoisotopic (exact) mass is 295 g/mol. The summed E-state index contributed by atoms with van der Waals surface area (Å²) >= 11 is 11.8. The lowest BCUT2D eigenvalue weighted by Gasteiger charge is -2.21. The first-order chi connectivity index (χ1) is 7.84. The van der Waals surface area contributed by atoms with Crippen LogP contribution in [0.5, 0.6) is 0 Å². The van der Waals surface area contributed by atoms with Crippen LogP contribution in [0.1, 0.15) is 17.4 Å². The Morgan fingerprint density at radius 3 is 2.47 bits per heavy atom. The molecule has 17 heavy (non-hydrogen) atoms. The van der Waals surface area contributed by atoms with Crippen LogP contribution >= 0.6 is 23.2 Å². The first-order valence-corrected chi connectivity index (χ1v) is 7.42. The Morgan fingerprint density at radius 2 is 1.94 bits per heavy atom. The van der Waals surface area contributed by atoms with Crippen molar-refractivity contribution in [2.75, 3.05) is 13.4 Å². The molecule has 0 spiro atoms. The number of rotatable bonds is 2. The van der Waals surface area contributed by atoms with E-state index in [1.807, 2.05) is 0 Å². The zero-order valence-corrected chi connectivity index (χ0v) is 11.6. The van der Waals surface area contributed by atoms with E-state index in [9.17, 15) is 8.42 Å². The summed E-state index contributed by atoms with van der Waals surface area (Å²) in [6.45, 7) is 0.254. The summed E-state index contributed by atoms with van der Waals surface area (Å²) in [4.78, 5) is 0. The predicted octanol–water partition coefficient (Wildman–Crippen LogP) is 2.41. The fraction of sp³-hybridized carbons (Fsp3) is 0.400. The molecule has 0 aliphatic carbocycles. The van der Waals surface area contributed by atoms with Crippen molar-refractivity contribution in [3.8, 4) is 0 Å². The molecule has 94 valence electrons. The lowest BCUT2D eigenvalue weighted by molar-refractivity contribution is 0.0246. The van der Waals surface area contributed by atoms with Gasteiger partial charge in [-0.3, -0.25) is 0 Å². The molecule has 1 aromatic rings.